The van der Waals surface area contributed by atoms with Crippen molar-refractivity contribution in [3.63, 3.8) is 0 Å². The largest absolute Gasteiger partial charge is 0.307 e. The van der Waals surface area contributed by atoms with E-state index in [9.17, 15) is 4.79 Å². The predicted octanol–water partition coefficient (Wildman–Crippen LogP) is 1.95. The predicted molar refractivity (Wildman–Crippen MR) is 48.7 cm³/mol. The summed E-state index contributed by atoms with van der Waals surface area (Å²) in [5.41, 5.74) is 0.812. The first-order chi connectivity index (χ1) is 5.77. The molecule has 0 unspecified atom stereocenters. The maximum Gasteiger partial charge on any atom is 0.182 e. The van der Waals surface area contributed by atoms with Crippen LogP contribution in [0.2, 0.25) is 5.15 Å². The Morgan fingerprint density at radius 3 is 2.92 bits per heavy atom. The molecule has 0 saturated carbocycles. The van der Waals surface area contributed by atoms with Gasteiger partial charge in [-0.2, -0.15) is 0 Å². The van der Waals surface area contributed by atoms with Crippen molar-refractivity contribution in [1.82, 2.24) is 4.40 Å². The molecule has 0 spiro atoms. The molecule has 2 nitrogen and oxygen atoms in total. The zero-order chi connectivity index (χ0) is 8.55. The fourth-order valence-electron chi connectivity index (χ4n) is 1.13. The average molecular weight is 180 g/mol. The van der Waals surface area contributed by atoms with Gasteiger partial charge in [-0.1, -0.05) is 17.7 Å². The Morgan fingerprint density at radius 2 is 2.08 bits per heavy atom. The van der Waals surface area contributed by atoms with Crippen LogP contribution < -0.4 is 5.43 Å². The van der Waals surface area contributed by atoms with Gasteiger partial charge >= 0.3 is 0 Å². The first kappa shape index (κ1) is 7.37. The summed E-state index contributed by atoms with van der Waals surface area (Å²) in [5, 5.41) is 0.604. The number of hydrogen-bond donors (Lipinski definition) is 0. The summed E-state index contributed by atoms with van der Waals surface area (Å²) >= 11 is 5.87. The molecule has 0 bridgehead atoms. The van der Waals surface area contributed by atoms with Gasteiger partial charge in [-0.05, 0) is 12.1 Å². The Hall–Kier alpha value is -1.28. The number of halogens is 1. The zero-order valence-corrected chi connectivity index (χ0v) is 6.95. The van der Waals surface area contributed by atoms with Crippen LogP contribution in [0.5, 0.6) is 0 Å². The fourth-order valence-corrected chi connectivity index (χ4v) is 1.35. The van der Waals surface area contributed by atoms with E-state index in [4.69, 9.17) is 11.6 Å². The van der Waals surface area contributed by atoms with E-state index in [0.29, 0.717) is 5.15 Å². The molecule has 0 N–H and O–H groups in total. The van der Waals surface area contributed by atoms with Crippen molar-refractivity contribution in [3.05, 3.63) is 51.9 Å². The van der Waals surface area contributed by atoms with Gasteiger partial charge in [-0.15, -0.1) is 0 Å². The molecule has 0 aliphatic heterocycles. The third kappa shape index (κ3) is 1.10. The Labute approximate surface area is 74.0 Å². The lowest BCUT2D eigenvalue weighted by atomic mass is 10.3. The summed E-state index contributed by atoms with van der Waals surface area (Å²) in [4.78, 5) is 10.9. The number of nitrogens with zero attached hydrogens (tertiary/aromatic N) is 1. The molecule has 12 heavy (non-hydrogen) atoms. The lowest BCUT2D eigenvalue weighted by Crippen LogP contribution is -2.00. The van der Waals surface area contributed by atoms with Crippen LogP contribution in [-0.2, 0) is 0 Å². The average Bonchev–Trinajstić information content (AvgIpc) is 2.04. The Kier molecular flexibility index (Phi) is 1.62. The van der Waals surface area contributed by atoms with E-state index in [1.165, 1.54) is 6.07 Å². The Morgan fingerprint density at radius 1 is 1.25 bits per heavy atom. The molecule has 3 heteroatoms. The van der Waals surface area contributed by atoms with E-state index in [1.807, 2.05) is 12.1 Å². The molecule has 0 radical (unpaired) electrons. The first-order valence-electron chi connectivity index (χ1n) is 3.54. The van der Waals surface area contributed by atoms with Crippen LogP contribution in [0.25, 0.3) is 5.52 Å². The van der Waals surface area contributed by atoms with Crippen molar-refractivity contribution < 1.29 is 0 Å². The van der Waals surface area contributed by atoms with Gasteiger partial charge in [-0.3, -0.25) is 4.79 Å². The molecule has 0 atom stereocenters. The van der Waals surface area contributed by atoms with Crippen LogP contribution in [0, 0.1) is 0 Å². The van der Waals surface area contributed by atoms with Gasteiger partial charge in [0.1, 0.15) is 5.15 Å². The Balaban J connectivity index is 2.96. The highest BCUT2D eigenvalue weighted by Crippen LogP contribution is 2.09. The number of hydrogen-bond acceptors (Lipinski definition) is 1. The topological polar surface area (TPSA) is 21.5 Å². The van der Waals surface area contributed by atoms with Gasteiger partial charge in [-0.25, -0.2) is 0 Å². The van der Waals surface area contributed by atoms with E-state index < -0.39 is 0 Å². The second-order valence-electron chi connectivity index (χ2n) is 2.51. The maximum absolute atomic E-state index is 10.9. The highest BCUT2D eigenvalue weighted by Gasteiger charge is 1.94. The fraction of sp³-hybridized carbons (Fsp3) is 0. The summed E-state index contributed by atoms with van der Waals surface area (Å²) in [6.45, 7) is 0. The molecular weight excluding hydrogens is 174 g/mol. The molecule has 0 aliphatic rings. The minimum Gasteiger partial charge on any atom is -0.307 e. The lowest BCUT2D eigenvalue weighted by molar-refractivity contribution is 1.15. The SMILES string of the molecule is O=c1ccn2c(Cl)cccc2c1. The molecule has 0 fully saturated rings. The molecule has 60 valence electrons. The highest BCUT2D eigenvalue weighted by atomic mass is 35.5. The molecule has 0 aliphatic carbocycles. The number of fused-ring (bicyclic) bond motifs is 1. The van der Waals surface area contributed by atoms with Gasteiger partial charge in [0.05, 0.1) is 5.52 Å². The van der Waals surface area contributed by atoms with E-state index in [-0.39, 0.29) is 5.43 Å². The molecule has 0 saturated heterocycles. The molecular formula is C9H6ClNO. The van der Waals surface area contributed by atoms with Crippen LogP contribution in [0.15, 0.2) is 41.3 Å². The van der Waals surface area contributed by atoms with Crippen LogP contribution >= 0.6 is 11.6 Å². The molecule has 2 rings (SSSR count). The number of aromatic nitrogens is 1. The summed E-state index contributed by atoms with van der Waals surface area (Å²) in [6.07, 6.45) is 1.67. The second kappa shape index (κ2) is 2.64. The minimum absolute atomic E-state index is 0.00253. The van der Waals surface area contributed by atoms with Crippen molar-refractivity contribution in [1.29, 1.82) is 0 Å². The van der Waals surface area contributed by atoms with Gasteiger partial charge in [0.2, 0.25) is 0 Å². The minimum atomic E-state index is -0.00253. The van der Waals surface area contributed by atoms with Gasteiger partial charge in [0, 0.05) is 18.3 Å². The first-order valence-corrected chi connectivity index (χ1v) is 3.92. The molecule has 2 heterocycles. The quantitative estimate of drug-likeness (QED) is 0.567. The van der Waals surface area contributed by atoms with Crippen molar-refractivity contribution in [2.75, 3.05) is 0 Å². The van der Waals surface area contributed by atoms with E-state index in [2.05, 4.69) is 0 Å². The van der Waals surface area contributed by atoms with Crippen molar-refractivity contribution in [2.45, 2.75) is 0 Å². The smallest absolute Gasteiger partial charge is 0.182 e. The standard InChI is InChI=1S/C9H6ClNO/c10-9-3-1-2-7-6-8(12)4-5-11(7)9/h1-6H. The van der Waals surface area contributed by atoms with Crippen LogP contribution in [0.1, 0.15) is 0 Å². The Bertz CT molecular complexity index is 475. The molecule has 0 aromatic carbocycles. The number of pyridine rings is 2. The zero-order valence-electron chi connectivity index (χ0n) is 6.20. The summed E-state index contributed by atoms with van der Waals surface area (Å²) in [6, 6.07) is 8.47. The molecule has 0 amide bonds. The van der Waals surface area contributed by atoms with Crippen LogP contribution in [-0.4, -0.2) is 4.40 Å². The van der Waals surface area contributed by atoms with Crippen molar-refractivity contribution >= 4 is 17.1 Å². The molecule has 2 aromatic rings. The van der Waals surface area contributed by atoms with E-state index >= 15 is 0 Å². The monoisotopic (exact) mass is 179 g/mol. The third-order valence-electron chi connectivity index (χ3n) is 1.69. The summed E-state index contributed by atoms with van der Waals surface area (Å²) in [7, 11) is 0. The summed E-state index contributed by atoms with van der Waals surface area (Å²) < 4.78 is 1.75. The van der Waals surface area contributed by atoms with E-state index in [1.54, 1.807) is 22.7 Å². The highest BCUT2D eigenvalue weighted by molar-refractivity contribution is 6.29. The maximum atomic E-state index is 10.9. The van der Waals surface area contributed by atoms with Gasteiger partial charge in [0.15, 0.2) is 5.43 Å². The van der Waals surface area contributed by atoms with Crippen molar-refractivity contribution in [2.24, 2.45) is 0 Å². The summed E-state index contributed by atoms with van der Waals surface area (Å²) in [5.74, 6) is 0. The van der Waals surface area contributed by atoms with Gasteiger partial charge in [0.25, 0.3) is 0 Å². The van der Waals surface area contributed by atoms with E-state index in [0.717, 1.165) is 5.52 Å². The van der Waals surface area contributed by atoms with Gasteiger partial charge < -0.3 is 4.40 Å². The second-order valence-corrected chi connectivity index (χ2v) is 2.89. The lowest BCUT2D eigenvalue weighted by Gasteiger charge is -2.00. The van der Waals surface area contributed by atoms with Crippen molar-refractivity contribution in [3.8, 4) is 0 Å². The third-order valence-corrected chi connectivity index (χ3v) is 2.00. The molecule has 2 aromatic heterocycles. The van der Waals surface area contributed by atoms with Crippen LogP contribution in [0.4, 0.5) is 0 Å². The van der Waals surface area contributed by atoms with Crippen LogP contribution in [0.3, 0.4) is 0 Å². The normalized spacial score (nSPS) is 10.4. The number of rotatable bonds is 0.